The van der Waals surface area contributed by atoms with E-state index in [4.69, 9.17) is 14.2 Å². The molecule has 0 spiro atoms. The summed E-state index contributed by atoms with van der Waals surface area (Å²) in [5.74, 6) is 1.53. The number of halogens is 1. The number of hydrogen-bond donors (Lipinski definition) is 0. The van der Waals surface area contributed by atoms with Crippen LogP contribution < -0.4 is 9.47 Å². The van der Waals surface area contributed by atoms with Crippen LogP contribution in [0.5, 0.6) is 11.5 Å². The van der Waals surface area contributed by atoms with E-state index in [-0.39, 0.29) is 6.10 Å². The van der Waals surface area contributed by atoms with Crippen LogP contribution in [0.3, 0.4) is 0 Å². The average molecular weight is 289 g/mol. The molecule has 0 bridgehead atoms. The summed E-state index contributed by atoms with van der Waals surface area (Å²) < 4.78 is 16.1. The van der Waals surface area contributed by atoms with Crippen LogP contribution in [0.4, 0.5) is 0 Å². The quantitative estimate of drug-likeness (QED) is 0.753. The molecule has 16 heavy (non-hydrogen) atoms. The van der Waals surface area contributed by atoms with E-state index in [1.165, 1.54) is 0 Å². The van der Waals surface area contributed by atoms with E-state index in [9.17, 15) is 0 Å². The van der Waals surface area contributed by atoms with E-state index in [0.29, 0.717) is 6.61 Å². The molecular formula is C12H17BrO3. The maximum Gasteiger partial charge on any atom is 0.165 e. The van der Waals surface area contributed by atoms with Gasteiger partial charge in [-0.05, 0) is 13.0 Å². The Kier molecular flexibility index (Phi) is 5.63. The Labute approximate surface area is 105 Å². The molecule has 0 saturated carbocycles. The van der Waals surface area contributed by atoms with Crippen molar-refractivity contribution < 1.29 is 14.2 Å². The average Bonchev–Trinajstić information content (AvgIpc) is 2.35. The normalized spacial score (nSPS) is 12.2. The highest BCUT2D eigenvalue weighted by molar-refractivity contribution is 9.08. The van der Waals surface area contributed by atoms with Crippen molar-refractivity contribution in [2.24, 2.45) is 0 Å². The molecule has 0 aromatic heterocycles. The van der Waals surface area contributed by atoms with Gasteiger partial charge in [-0.2, -0.15) is 0 Å². The first-order valence-electron chi connectivity index (χ1n) is 5.10. The fourth-order valence-corrected chi connectivity index (χ4v) is 1.70. The number of methoxy groups -OCH3 is 2. The van der Waals surface area contributed by atoms with E-state index in [1.54, 1.807) is 14.2 Å². The third-order valence-electron chi connectivity index (χ3n) is 2.29. The minimum Gasteiger partial charge on any atom is -0.493 e. The monoisotopic (exact) mass is 288 g/mol. The van der Waals surface area contributed by atoms with Crippen LogP contribution in [0.15, 0.2) is 18.2 Å². The van der Waals surface area contributed by atoms with Gasteiger partial charge in [-0.3, -0.25) is 0 Å². The Morgan fingerprint density at radius 3 is 2.62 bits per heavy atom. The van der Waals surface area contributed by atoms with Gasteiger partial charge < -0.3 is 14.2 Å². The van der Waals surface area contributed by atoms with Gasteiger partial charge in [0.2, 0.25) is 0 Å². The van der Waals surface area contributed by atoms with E-state index >= 15 is 0 Å². The predicted molar refractivity (Wildman–Crippen MR) is 67.6 cm³/mol. The van der Waals surface area contributed by atoms with Gasteiger partial charge in [-0.25, -0.2) is 0 Å². The van der Waals surface area contributed by atoms with Crippen molar-refractivity contribution in [1.29, 1.82) is 0 Å². The van der Waals surface area contributed by atoms with Crippen molar-refractivity contribution in [2.75, 3.05) is 20.8 Å². The smallest absolute Gasteiger partial charge is 0.165 e. The van der Waals surface area contributed by atoms with Crippen molar-refractivity contribution in [3.63, 3.8) is 0 Å². The highest BCUT2D eigenvalue weighted by Gasteiger charge is 2.11. The van der Waals surface area contributed by atoms with Crippen molar-refractivity contribution in [3.8, 4) is 11.5 Å². The molecule has 1 atom stereocenters. The van der Waals surface area contributed by atoms with Gasteiger partial charge in [-0.15, -0.1) is 0 Å². The fourth-order valence-electron chi connectivity index (χ4n) is 1.26. The molecule has 1 unspecified atom stereocenters. The molecule has 0 N–H and O–H groups in total. The predicted octanol–water partition coefficient (Wildman–Crippen LogP) is 3.00. The molecule has 3 nitrogen and oxygen atoms in total. The largest absolute Gasteiger partial charge is 0.493 e. The van der Waals surface area contributed by atoms with Gasteiger partial charge in [0, 0.05) is 18.0 Å². The van der Waals surface area contributed by atoms with Gasteiger partial charge in [0.1, 0.15) is 6.61 Å². The fraction of sp³-hybridized carbons (Fsp3) is 0.500. The van der Waals surface area contributed by atoms with E-state index in [0.717, 1.165) is 22.4 Å². The molecular weight excluding hydrogens is 272 g/mol. The minimum atomic E-state index is 0.0630. The lowest BCUT2D eigenvalue weighted by molar-refractivity contribution is 0.0703. The summed E-state index contributed by atoms with van der Waals surface area (Å²) in [5, 5.41) is 0.737. The second-order valence-corrected chi connectivity index (χ2v) is 4.00. The number of rotatable bonds is 6. The van der Waals surface area contributed by atoms with Gasteiger partial charge in [0.25, 0.3) is 0 Å². The number of alkyl halides is 1. The molecule has 0 heterocycles. The summed E-state index contributed by atoms with van der Waals surface area (Å²) in [4.78, 5) is 0. The lowest BCUT2D eigenvalue weighted by Gasteiger charge is -2.16. The third kappa shape index (κ3) is 3.39. The van der Waals surface area contributed by atoms with Crippen LogP contribution in [0.1, 0.15) is 12.5 Å². The Hall–Kier alpha value is -0.740. The molecule has 1 aromatic rings. The maximum absolute atomic E-state index is 5.72. The summed E-state index contributed by atoms with van der Waals surface area (Å²) in [6, 6.07) is 5.84. The summed E-state index contributed by atoms with van der Waals surface area (Å²) >= 11 is 3.43. The molecule has 1 aromatic carbocycles. The zero-order valence-corrected chi connectivity index (χ0v) is 11.4. The van der Waals surface area contributed by atoms with Crippen LogP contribution in [0.25, 0.3) is 0 Å². The lowest BCUT2D eigenvalue weighted by Crippen LogP contribution is -2.16. The van der Waals surface area contributed by atoms with E-state index in [1.807, 2.05) is 25.1 Å². The van der Waals surface area contributed by atoms with Gasteiger partial charge in [0.05, 0.1) is 13.2 Å². The first-order chi connectivity index (χ1) is 7.72. The van der Waals surface area contributed by atoms with Crippen LogP contribution in [0.2, 0.25) is 0 Å². The number of benzene rings is 1. The Balaban J connectivity index is 2.82. The number of hydrogen-bond acceptors (Lipinski definition) is 3. The second kappa shape index (κ2) is 6.76. The summed E-state index contributed by atoms with van der Waals surface area (Å²) in [6.07, 6.45) is 0.0630. The maximum atomic E-state index is 5.72. The second-order valence-electron chi connectivity index (χ2n) is 3.44. The first-order valence-corrected chi connectivity index (χ1v) is 6.22. The molecule has 0 aliphatic rings. The first kappa shape index (κ1) is 13.3. The van der Waals surface area contributed by atoms with E-state index in [2.05, 4.69) is 15.9 Å². The molecule has 4 heteroatoms. The SMILES string of the molecule is COc1cccc(CBr)c1OCC(C)OC. The zero-order valence-electron chi connectivity index (χ0n) is 9.83. The number of para-hydroxylation sites is 1. The van der Waals surface area contributed by atoms with Crippen molar-refractivity contribution in [3.05, 3.63) is 23.8 Å². The van der Waals surface area contributed by atoms with Crippen LogP contribution >= 0.6 is 15.9 Å². The molecule has 0 aliphatic carbocycles. The molecule has 0 aliphatic heterocycles. The number of ether oxygens (including phenoxy) is 3. The highest BCUT2D eigenvalue weighted by Crippen LogP contribution is 2.32. The Bertz CT molecular complexity index is 306. The lowest BCUT2D eigenvalue weighted by atomic mass is 10.2. The Morgan fingerprint density at radius 1 is 1.31 bits per heavy atom. The van der Waals surface area contributed by atoms with Crippen molar-refractivity contribution in [2.45, 2.75) is 18.4 Å². The van der Waals surface area contributed by atoms with Gasteiger partial charge in [-0.1, -0.05) is 28.1 Å². The molecule has 0 saturated heterocycles. The van der Waals surface area contributed by atoms with Crippen LogP contribution in [0, 0.1) is 0 Å². The van der Waals surface area contributed by atoms with E-state index < -0.39 is 0 Å². The molecule has 90 valence electrons. The van der Waals surface area contributed by atoms with Gasteiger partial charge in [0.15, 0.2) is 11.5 Å². The molecule has 0 fully saturated rings. The zero-order chi connectivity index (χ0) is 12.0. The Morgan fingerprint density at radius 2 is 2.06 bits per heavy atom. The minimum absolute atomic E-state index is 0.0630. The molecule has 1 rings (SSSR count). The highest BCUT2D eigenvalue weighted by atomic mass is 79.9. The van der Waals surface area contributed by atoms with Crippen molar-refractivity contribution >= 4 is 15.9 Å². The standard InChI is InChI=1S/C12H17BrO3/c1-9(14-2)8-16-12-10(7-13)5-4-6-11(12)15-3/h4-6,9H,7-8H2,1-3H3. The van der Waals surface area contributed by atoms with Gasteiger partial charge >= 0.3 is 0 Å². The van der Waals surface area contributed by atoms with Crippen LogP contribution in [-0.2, 0) is 10.1 Å². The summed E-state index contributed by atoms with van der Waals surface area (Å²) in [7, 11) is 3.31. The summed E-state index contributed by atoms with van der Waals surface area (Å²) in [6.45, 7) is 2.47. The molecule has 0 radical (unpaired) electrons. The topological polar surface area (TPSA) is 27.7 Å². The summed E-state index contributed by atoms with van der Waals surface area (Å²) in [5.41, 5.74) is 1.07. The van der Waals surface area contributed by atoms with Crippen molar-refractivity contribution in [1.82, 2.24) is 0 Å². The van der Waals surface area contributed by atoms with Crippen LogP contribution in [-0.4, -0.2) is 26.9 Å². The molecule has 0 amide bonds. The third-order valence-corrected chi connectivity index (χ3v) is 2.89.